The van der Waals surface area contributed by atoms with Crippen molar-refractivity contribution in [3.63, 3.8) is 0 Å². The molecular weight excluding hydrogens is 240 g/mol. The molecule has 3 rings (SSSR count). The van der Waals surface area contributed by atoms with Gasteiger partial charge in [0.05, 0.1) is 17.2 Å². The molecule has 1 aromatic carbocycles. The van der Waals surface area contributed by atoms with Gasteiger partial charge in [0, 0.05) is 11.6 Å². The standard InChI is InChI=1S/C15H14N2O2/c1-15(2,9-16)14-11-8-13-12(18-5-6-19-13)7-10(11)3-4-17-14/h3-4,7-8H,5-6H2,1-2H3. The summed E-state index contributed by atoms with van der Waals surface area (Å²) in [5, 5.41) is 11.3. The summed E-state index contributed by atoms with van der Waals surface area (Å²) >= 11 is 0. The van der Waals surface area contributed by atoms with Crippen LogP contribution in [0, 0.1) is 11.3 Å². The minimum absolute atomic E-state index is 0.551. The molecule has 0 saturated carbocycles. The van der Waals surface area contributed by atoms with Crippen molar-refractivity contribution in [3.05, 3.63) is 30.1 Å². The molecule has 0 N–H and O–H groups in total. The van der Waals surface area contributed by atoms with Crippen LogP contribution in [0.15, 0.2) is 24.4 Å². The zero-order valence-electron chi connectivity index (χ0n) is 10.9. The van der Waals surface area contributed by atoms with Crippen LogP contribution in [0.25, 0.3) is 10.8 Å². The van der Waals surface area contributed by atoms with Crippen LogP contribution in [0.2, 0.25) is 0 Å². The highest BCUT2D eigenvalue weighted by atomic mass is 16.6. The molecule has 0 unspecified atom stereocenters. The Labute approximate surface area is 111 Å². The summed E-state index contributed by atoms with van der Waals surface area (Å²) in [6, 6.07) is 8.09. The maximum atomic E-state index is 9.30. The van der Waals surface area contributed by atoms with Gasteiger partial charge < -0.3 is 9.47 Å². The van der Waals surface area contributed by atoms with E-state index in [0.717, 1.165) is 28.0 Å². The largest absolute Gasteiger partial charge is 0.486 e. The van der Waals surface area contributed by atoms with E-state index in [0.29, 0.717) is 13.2 Å². The number of nitrogens with zero attached hydrogens (tertiary/aromatic N) is 2. The van der Waals surface area contributed by atoms with Gasteiger partial charge in [-0.25, -0.2) is 0 Å². The molecule has 2 heterocycles. The van der Waals surface area contributed by atoms with E-state index < -0.39 is 5.41 Å². The maximum Gasteiger partial charge on any atom is 0.162 e. The van der Waals surface area contributed by atoms with Gasteiger partial charge in [-0.3, -0.25) is 4.98 Å². The Morgan fingerprint density at radius 1 is 1.21 bits per heavy atom. The second kappa shape index (κ2) is 4.13. The molecular formula is C15H14N2O2. The summed E-state index contributed by atoms with van der Waals surface area (Å²) in [6.45, 7) is 4.85. The molecule has 19 heavy (non-hydrogen) atoms. The Hall–Kier alpha value is -2.28. The second-order valence-electron chi connectivity index (χ2n) is 5.11. The van der Waals surface area contributed by atoms with E-state index >= 15 is 0 Å². The second-order valence-corrected chi connectivity index (χ2v) is 5.11. The molecule has 4 nitrogen and oxygen atoms in total. The highest BCUT2D eigenvalue weighted by molar-refractivity contribution is 5.89. The Morgan fingerprint density at radius 3 is 2.58 bits per heavy atom. The first-order valence-electron chi connectivity index (χ1n) is 6.22. The van der Waals surface area contributed by atoms with Crippen molar-refractivity contribution in [1.29, 1.82) is 5.26 Å². The molecule has 0 fully saturated rings. The van der Waals surface area contributed by atoms with Crippen LogP contribution in [0.5, 0.6) is 11.5 Å². The fourth-order valence-electron chi connectivity index (χ4n) is 2.26. The van der Waals surface area contributed by atoms with Crippen molar-refractivity contribution >= 4 is 10.8 Å². The van der Waals surface area contributed by atoms with Crippen LogP contribution in [-0.2, 0) is 5.41 Å². The predicted molar refractivity (Wildman–Crippen MR) is 71.4 cm³/mol. The summed E-state index contributed by atoms with van der Waals surface area (Å²) in [5.74, 6) is 1.48. The first-order chi connectivity index (χ1) is 9.12. The third-order valence-electron chi connectivity index (χ3n) is 3.30. The van der Waals surface area contributed by atoms with Crippen molar-refractivity contribution < 1.29 is 9.47 Å². The van der Waals surface area contributed by atoms with E-state index in [4.69, 9.17) is 9.47 Å². The summed E-state index contributed by atoms with van der Waals surface area (Å²) < 4.78 is 11.2. The Morgan fingerprint density at radius 2 is 1.89 bits per heavy atom. The number of aromatic nitrogens is 1. The first kappa shape index (κ1) is 11.8. The first-order valence-corrected chi connectivity index (χ1v) is 6.22. The van der Waals surface area contributed by atoms with Gasteiger partial charge in [0.1, 0.15) is 13.2 Å². The Balaban J connectivity index is 2.28. The van der Waals surface area contributed by atoms with Crippen LogP contribution in [0.3, 0.4) is 0 Å². The fourth-order valence-corrected chi connectivity index (χ4v) is 2.26. The zero-order chi connectivity index (χ0) is 13.5. The number of hydrogen-bond acceptors (Lipinski definition) is 4. The topological polar surface area (TPSA) is 55.1 Å². The van der Waals surface area contributed by atoms with E-state index in [1.54, 1.807) is 6.20 Å². The van der Waals surface area contributed by atoms with Crippen molar-refractivity contribution in [3.8, 4) is 17.6 Å². The van der Waals surface area contributed by atoms with Crippen molar-refractivity contribution in [2.45, 2.75) is 19.3 Å². The van der Waals surface area contributed by atoms with Crippen LogP contribution >= 0.6 is 0 Å². The van der Waals surface area contributed by atoms with E-state index in [1.807, 2.05) is 32.0 Å². The monoisotopic (exact) mass is 254 g/mol. The number of benzene rings is 1. The van der Waals surface area contributed by atoms with E-state index in [2.05, 4.69) is 11.1 Å². The van der Waals surface area contributed by atoms with Crippen LogP contribution in [-0.4, -0.2) is 18.2 Å². The third-order valence-corrected chi connectivity index (χ3v) is 3.30. The Bertz CT molecular complexity index is 686. The summed E-state index contributed by atoms with van der Waals surface area (Å²) in [7, 11) is 0. The van der Waals surface area contributed by atoms with Gasteiger partial charge in [0.25, 0.3) is 0 Å². The molecule has 1 aliphatic rings. The molecule has 96 valence electrons. The van der Waals surface area contributed by atoms with Gasteiger partial charge >= 0.3 is 0 Å². The van der Waals surface area contributed by atoms with Gasteiger partial charge in [0.15, 0.2) is 11.5 Å². The fraction of sp³-hybridized carbons (Fsp3) is 0.333. The normalized spacial score (nSPS) is 14.2. The summed E-state index contributed by atoms with van der Waals surface area (Å²) in [5.41, 5.74) is 0.132. The van der Waals surface area contributed by atoms with E-state index in [1.165, 1.54) is 0 Å². The lowest BCUT2D eigenvalue weighted by Gasteiger charge is -2.21. The number of fused-ring (bicyclic) bond motifs is 2. The molecule has 0 atom stereocenters. The van der Waals surface area contributed by atoms with Gasteiger partial charge in [-0.1, -0.05) is 0 Å². The third kappa shape index (κ3) is 1.88. The number of rotatable bonds is 1. The minimum atomic E-state index is -0.636. The van der Waals surface area contributed by atoms with Crippen LogP contribution in [0.4, 0.5) is 0 Å². The lowest BCUT2D eigenvalue weighted by molar-refractivity contribution is 0.172. The molecule has 1 aromatic heterocycles. The minimum Gasteiger partial charge on any atom is -0.486 e. The quantitative estimate of drug-likeness (QED) is 0.785. The lowest BCUT2D eigenvalue weighted by atomic mass is 9.87. The molecule has 0 aliphatic carbocycles. The molecule has 0 bridgehead atoms. The van der Waals surface area contributed by atoms with Crippen molar-refractivity contribution in [2.24, 2.45) is 0 Å². The molecule has 0 radical (unpaired) electrons. The summed E-state index contributed by atoms with van der Waals surface area (Å²) in [4.78, 5) is 4.38. The smallest absolute Gasteiger partial charge is 0.162 e. The SMILES string of the molecule is CC(C)(C#N)c1nccc2cc3c(cc12)OCCO3. The van der Waals surface area contributed by atoms with Gasteiger partial charge in [-0.2, -0.15) is 5.26 Å². The molecule has 1 aliphatic heterocycles. The van der Waals surface area contributed by atoms with Crippen LogP contribution < -0.4 is 9.47 Å². The highest BCUT2D eigenvalue weighted by Gasteiger charge is 2.25. The van der Waals surface area contributed by atoms with Crippen molar-refractivity contribution in [1.82, 2.24) is 4.98 Å². The Kier molecular flexibility index (Phi) is 2.56. The van der Waals surface area contributed by atoms with Crippen molar-refractivity contribution in [2.75, 3.05) is 13.2 Å². The lowest BCUT2D eigenvalue weighted by Crippen LogP contribution is -2.18. The number of ether oxygens (including phenoxy) is 2. The molecule has 4 heteroatoms. The summed E-state index contributed by atoms with van der Waals surface area (Å²) in [6.07, 6.45) is 1.73. The average Bonchev–Trinajstić information content (AvgIpc) is 2.44. The molecule has 0 spiro atoms. The predicted octanol–water partition coefficient (Wildman–Crippen LogP) is 2.81. The van der Waals surface area contributed by atoms with Crippen LogP contribution in [0.1, 0.15) is 19.5 Å². The van der Waals surface area contributed by atoms with E-state index in [-0.39, 0.29) is 0 Å². The number of pyridine rings is 1. The van der Waals surface area contributed by atoms with Gasteiger partial charge in [0.2, 0.25) is 0 Å². The average molecular weight is 254 g/mol. The number of hydrogen-bond donors (Lipinski definition) is 0. The maximum absolute atomic E-state index is 9.30. The van der Waals surface area contributed by atoms with E-state index in [9.17, 15) is 5.26 Å². The van der Waals surface area contributed by atoms with Gasteiger partial charge in [-0.15, -0.1) is 0 Å². The number of nitriles is 1. The highest BCUT2D eigenvalue weighted by Crippen LogP contribution is 2.37. The van der Waals surface area contributed by atoms with Gasteiger partial charge in [-0.05, 0) is 37.4 Å². The molecule has 0 saturated heterocycles. The zero-order valence-corrected chi connectivity index (χ0v) is 10.9. The molecule has 0 amide bonds. The molecule has 2 aromatic rings.